The van der Waals surface area contributed by atoms with E-state index in [9.17, 15) is 13.2 Å². The smallest absolute Gasteiger partial charge is 0.341 e. The number of halogens is 1. The molecule has 116 valence electrons. The van der Waals surface area contributed by atoms with Crippen molar-refractivity contribution in [3.05, 3.63) is 47.5 Å². The number of sulfone groups is 1. The van der Waals surface area contributed by atoms with Gasteiger partial charge in [-0.3, -0.25) is 0 Å². The van der Waals surface area contributed by atoms with Gasteiger partial charge >= 0.3 is 5.97 Å². The number of carboxylic acids is 1. The van der Waals surface area contributed by atoms with Crippen LogP contribution in [0.5, 0.6) is 5.75 Å². The fourth-order valence-corrected chi connectivity index (χ4v) is 2.73. The maximum absolute atomic E-state index is 11.6. The zero-order chi connectivity index (χ0) is 16.3. The maximum Gasteiger partial charge on any atom is 0.341 e. The zero-order valence-electron chi connectivity index (χ0n) is 11.6. The molecule has 5 nitrogen and oxygen atoms in total. The van der Waals surface area contributed by atoms with Crippen LogP contribution in [0.2, 0.25) is 5.02 Å². The highest BCUT2D eigenvalue weighted by molar-refractivity contribution is 7.90. The summed E-state index contributed by atoms with van der Waals surface area (Å²) in [7, 11) is -3.35. The quantitative estimate of drug-likeness (QED) is 0.905. The lowest BCUT2D eigenvalue weighted by atomic mass is 10.0. The summed E-state index contributed by atoms with van der Waals surface area (Å²) in [5.74, 6) is -0.789. The Morgan fingerprint density at radius 2 is 1.95 bits per heavy atom. The lowest BCUT2D eigenvalue weighted by Gasteiger charge is -2.11. The van der Waals surface area contributed by atoms with Gasteiger partial charge in [0.15, 0.2) is 16.4 Å². The Hall–Kier alpha value is -2.05. The van der Waals surface area contributed by atoms with E-state index in [0.29, 0.717) is 21.9 Å². The summed E-state index contributed by atoms with van der Waals surface area (Å²) in [4.78, 5) is 10.8. The van der Waals surface area contributed by atoms with E-state index in [1.807, 2.05) is 0 Å². The van der Waals surface area contributed by atoms with Crippen LogP contribution in [-0.2, 0) is 14.6 Å². The molecule has 0 aliphatic heterocycles. The van der Waals surface area contributed by atoms with E-state index in [1.165, 1.54) is 12.1 Å². The van der Waals surface area contributed by atoms with Crippen molar-refractivity contribution in [1.29, 1.82) is 0 Å². The summed E-state index contributed by atoms with van der Waals surface area (Å²) < 4.78 is 28.5. The van der Waals surface area contributed by atoms with Gasteiger partial charge in [-0.1, -0.05) is 23.7 Å². The van der Waals surface area contributed by atoms with E-state index in [0.717, 1.165) is 6.26 Å². The number of hydrogen-bond acceptors (Lipinski definition) is 4. The van der Waals surface area contributed by atoms with Crippen LogP contribution in [-0.4, -0.2) is 32.4 Å². The van der Waals surface area contributed by atoms with E-state index in [4.69, 9.17) is 21.4 Å². The summed E-state index contributed by atoms with van der Waals surface area (Å²) in [6, 6.07) is 11.0. The van der Waals surface area contributed by atoms with E-state index in [-0.39, 0.29) is 4.90 Å². The van der Waals surface area contributed by atoms with Gasteiger partial charge in [0.25, 0.3) is 0 Å². The molecule has 0 spiro atoms. The first-order valence-electron chi connectivity index (χ1n) is 6.22. The minimum atomic E-state index is -3.35. The molecule has 0 radical (unpaired) electrons. The van der Waals surface area contributed by atoms with Gasteiger partial charge in [-0.2, -0.15) is 0 Å². The van der Waals surface area contributed by atoms with Crippen molar-refractivity contribution in [2.24, 2.45) is 0 Å². The predicted molar refractivity (Wildman–Crippen MR) is 83.1 cm³/mol. The van der Waals surface area contributed by atoms with E-state index < -0.39 is 22.4 Å². The van der Waals surface area contributed by atoms with Crippen LogP contribution in [0.15, 0.2) is 47.4 Å². The Kier molecular flexibility index (Phi) is 4.73. The molecule has 0 heterocycles. The molecule has 0 aromatic heterocycles. The van der Waals surface area contributed by atoms with Gasteiger partial charge in [0.05, 0.1) is 4.90 Å². The standard InChI is InChI=1S/C15H13ClO5S/c1-22(19,20)12-4-2-3-10(7-12)13-8-11(16)5-6-14(13)21-9-15(17)18/h2-8H,9H2,1H3,(H,17,18). The van der Waals surface area contributed by atoms with E-state index in [1.54, 1.807) is 30.3 Å². The molecule has 0 fully saturated rings. The molecule has 0 saturated carbocycles. The normalized spacial score (nSPS) is 11.2. The fourth-order valence-electron chi connectivity index (χ4n) is 1.89. The summed E-state index contributed by atoms with van der Waals surface area (Å²) in [5, 5.41) is 9.14. The first-order valence-corrected chi connectivity index (χ1v) is 8.49. The molecule has 2 aromatic rings. The number of carboxylic acid groups (broad SMARTS) is 1. The van der Waals surface area contributed by atoms with Gasteiger partial charge in [-0.05, 0) is 35.9 Å². The minimum absolute atomic E-state index is 0.161. The average Bonchev–Trinajstić information content (AvgIpc) is 2.45. The number of aliphatic carboxylic acids is 1. The topological polar surface area (TPSA) is 80.7 Å². The lowest BCUT2D eigenvalue weighted by Crippen LogP contribution is -2.10. The molecular formula is C15H13ClO5S. The Bertz CT molecular complexity index is 814. The highest BCUT2D eigenvalue weighted by Gasteiger charge is 2.13. The van der Waals surface area contributed by atoms with Crippen molar-refractivity contribution in [2.45, 2.75) is 4.90 Å². The molecule has 0 aliphatic carbocycles. The van der Waals surface area contributed by atoms with Crippen molar-refractivity contribution in [3.63, 3.8) is 0 Å². The first-order chi connectivity index (χ1) is 10.3. The van der Waals surface area contributed by atoms with Gasteiger partial charge in [0.2, 0.25) is 0 Å². The number of hydrogen-bond donors (Lipinski definition) is 1. The van der Waals surface area contributed by atoms with Crippen LogP contribution < -0.4 is 4.74 Å². The Labute approximate surface area is 133 Å². The lowest BCUT2D eigenvalue weighted by molar-refractivity contribution is -0.139. The van der Waals surface area contributed by atoms with Crippen LogP contribution in [0.4, 0.5) is 0 Å². The Morgan fingerprint density at radius 1 is 1.23 bits per heavy atom. The Morgan fingerprint density at radius 3 is 2.59 bits per heavy atom. The van der Waals surface area contributed by atoms with Crippen molar-refractivity contribution in [3.8, 4) is 16.9 Å². The molecule has 0 bridgehead atoms. The monoisotopic (exact) mass is 340 g/mol. The number of rotatable bonds is 5. The summed E-state index contributed by atoms with van der Waals surface area (Å²) in [6.07, 6.45) is 1.12. The molecule has 0 unspecified atom stereocenters. The van der Waals surface area contributed by atoms with Crippen molar-refractivity contribution >= 4 is 27.4 Å². The van der Waals surface area contributed by atoms with Gasteiger partial charge < -0.3 is 9.84 Å². The fraction of sp³-hybridized carbons (Fsp3) is 0.133. The van der Waals surface area contributed by atoms with Crippen LogP contribution in [0, 0.1) is 0 Å². The SMILES string of the molecule is CS(=O)(=O)c1cccc(-c2cc(Cl)ccc2OCC(=O)O)c1. The summed E-state index contributed by atoms with van der Waals surface area (Å²) in [6.45, 7) is -0.500. The van der Waals surface area contributed by atoms with Crippen LogP contribution in [0.25, 0.3) is 11.1 Å². The molecule has 0 atom stereocenters. The Balaban J connectivity index is 2.51. The highest BCUT2D eigenvalue weighted by atomic mass is 35.5. The van der Waals surface area contributed by atoms with Gasteiger partial charge in [0.1, 0.15) is 5.75 Å². The van der Waals surface area contributed by atoms with Crippen molar-refractivity contribution in [1.82, 2.24) is 0 Å². The van der Waals surface area contributed by atoms with Gasteiger partial charge in [0, 0.05) is 16.8 Å². The van der Waals surface area contributed by atoms with Crippen molar-refractivity contribution in [2.75, 3.05) is 12.9 Å². The predicted octanol–water partition coefficient (Wildman–Crippen LogP) is 2.87. The molecule has 22 heavy (non-hydrogen) atoms. The molecule has 0 amide bonds. The molecule has 2 aromatic carbocycles. The summed E-state index contributed by atoms with van der Waals surface area (Å²) >= 11 is 5.97. The largest absolute Gasteiger partial charge is 0.481 e. The highest BCUT2D eigenvalue weighted by Crippen LogP contribution is 2.33. The molecule has 1 N–H and O–H groups in total. The molecule has 0 aliphatic rings. The third-order valence-electron chi connectivity index (χ3n) is 2.87. The number of ether oxygens (including phenoxy) is 1. The minimum Gasteiger partial charge on any atom is -0.481 e. The molecule has 7 heteroatoms. The zero-order valence-corrected chi connectivity index (χ0v) is 13.2. The van der Waals surface area contributed by atoms with Gasteiger partial charge in [-0.25, -0.2) is 13.2 Å². The van der Waals surface area contributed by atoms with E-state index in [2.05, 4.69) is 0 Å². The first kappa shape index (κ1) is 16.3. The molecule has 0 saturated heterocycles. The van der Waals surface area contributed by atoms with Crippen LogP contribution >= 0.6 is 11.6 Å². The van der Waals surface area contributed by atoms with E-state index >= 15 is 0 Å². The van der Waals surface area contributed by atoms with Crippen LogP contribution in [0.1, 0.15) is 0 Å². The number of carbonyl (C=O) groups is 1. The molecule has 2 rings (SSSR count). The maximum atomic E-state index is 11.6. The second-order valence-corrected chi connectivity index (χ2v) is 7.08. The third kappa shape index (κ3) is 3.99. The third-order valence-corrected chi connectivity index (χ3v) is 4.21. The van der Waals surface area contributed by atoms with Gasteiger partial charge in [-0.15, -0.1) is 0 Å². The second kappa shape index (κ2) is 6.37. The second-order valence-electron chi connectivity index (χ2n) is 4.62. The average molecular weight is 341 g/mol. The summed E-state index contributed by atoms with van der Waals surface area (Å²) in [5.41, 5.74) is 1.10. The number of benzene rings is 2. The van der Waals surface area contributed by atoms with Crippen molar-refractivity contribution < 1.29 is 23.1 Å². The van der Waals surface area contributed by atoms with Crippen LogP contribution in [0.3, 0.4) is 0 Å². The molecular weight excluding hydrogens is 328 g/mol.